The Kier molecular flexibility index (Phi) is 7.96. The van der Waals surface area contributed by atoms with Crippen molar-refractivity contribution in [3.05, 3.63) is 42.5 Å². The zero-order chi connectivity index (χ0) is 23.2. The van der Waals surface area contributed by atoms with Crippen LogP contribution in [0, 0.1) is 0 Å². The van der Waals surface area contributed by atoms with Gasteiger partial charge in [-0.1, -0.05) is 0 Å². The van der Waals surface area contributed by atoms with Crippen molar-refractivity contribution in [3.63, 3.8) is 0 Å². The minimum atomic E-state index is -3.86. The molecular weight excluding hydrogens is 460 g/mol. The van der Waals surface area contributed by atoms with Crippen LogP contribution < -0.4 is 18.9 Å². The number of hydrogen-bond donors (Lipinski definition) is 1. The number of nitrogens with zero attached hydrogens (tertiary/aromatic N) is 1. The summed E-state index contributed by atoms with van der Waals surface area (Å²) >= 11 is 0. The van der Waals surface area contributed by atoms with Crippen LogP contribution in [0.3, 0.4) is 0 Å². The van der Waals surface area contributed by atoms with Gasteiger partial charge in [-0.2, -0.15) is 4.31 Å². The van der Waals surface area contributed by atoms with Gasteiger partial charge in [-0.3, -0.25) is 0 Å². The van der Waals surface area contributed by atoms with Crippen molar-refractivity contribution in [3.8, 4) is 17.2 Å². The maximum absolute atomic E-state index is 12.6. The van der Waals surface area contributed by atoms with Gasteiger partial charge >= 0.3 is 0 Å². The predicted molar refractivity (Wildman–Crippen MR) is 116 cm³/mol. The summed E-state index contributed by atoms with van der Waals surface area (Å²) in [5.74, 6) is 0.995. The Morgan fingerprint density at radius 3 is 2.22 bits per heavy atom. The fraction of sp³-hybridized carbons (Fsp3) is 0.400. The molecule has 1 aliphatic rings. The summed E-state index contributed by atoms with van der Waals surface area (Å²) in [7, 11) is -4.62. The Hall–Kier alpha value is -2.38. The van der Waals surface area contributed by atoms with Gasteiger partial charge in [0.15, 0.2) is 0 Å². The van der Waals surface area contributed by atoms with E-state index in [9.17, 15) is 16.8 Å². The molecule has 0 unspecified atom stereocenters. The van der Waals surface area contributed by atoms with Crippen molar-refractivity contribution < 1.29 is 35.8 Å². The van der Waals surface area contributed by atoms with Gasteiger partial charge in [0.1, 0.15) is 28.8 Å². The van der Waals surface area contributed by atoms with Gasteiger partial charge in [0.2, 0.25) is 20.0 Å². The third-order valence-electron chi connectivity index (χ3n) is 4.75. The van der Waals surface area contributed by atoms with E-state index in [0.717, 1.165) is 0 Å². The third kappa shape index (κ3) is 5.70. The Morgan fingerprint density at radius 1 is 0.938 bits per heavy atom. The number of nitrogens with one attached hydrogen (secondary N) is 1. The zero-order valence-electron chi connectivity index (χ0n) is 17.8. The first-order chi connectivity index (χ1) is 15.3. The van der Waals surface area contributed by atoms with Crippen LogP contribution in [-0.2, 0) is 24.8 Å². The van der Waals surface area contributed by atoms with E-state index < -0.39 is 20.0 Å². The van der Waals surface area contributed by atoms with Gasteiger partial charge in [-0.05, 0) is 36.4 Å². The van der Waals surface area contributed by atoms with Gasteiger partial charge in [0.25, 0.3) is 0 Å². The molecule has 1 heterocycles. The first-order valence-corrected chi connectivity index (χ1v) is 12.7. The molecule has 0 saturated carbocycles. The van der Waals surface area contributed by atoms with E-state index >= 15 is 0 Å². The number of morpholine rings is 1. The molecule has 10 nitrogen and oxygen atoms in total. The quantitative estimate of drug-likeness (QED) is 0.496. The maximum atomic E-state index is 12.6. The standard InChI is InChI=1S/C20H26N2O8S2/c1-27-17-5-8-19(28-2)20(15-17)31(23,24)21-9-12-30-16-3-6-18(7-4-16)32(25,26)22-10-13-29-14-11-22/h3-8,15,21H,9-14H2,1-2H3. The monoisotopic (exact) mass is 486 g/mol. The minimum Gasteiger partial charge on any atom is -0.497 e. The fourth-order valence-corrected chi connectivity index (χ4v) is 5.66. The Labute approximate surface area is 188 Å². The van der Waals surface area contributed by atoms with Crippen LogP contribution in [0.25, 0.3) is 0 Å². The minimum absolute atomic E-state index is 0.00345. The van der Waals surface area contributed by atoms with Crippen molar-refractivity contribution in [2.24, 2.45) is 0 Å². The maximum Gasteiger partial charge on any atom is 0.244 e. The second-order valence-corrected chi connectivity index (χ2v) is 10.4. The number of hydrogen-bond acceptors (Lipinski definition) is 8. The third-order valence-corrected chi connectivity index (χ3v) is 8.15. The van der Waals surface area contributed by atoms with E-state index in [0.29, 0.717) is 37.8 Å². The predicted octanol–water partition coefficient (Wildman–Crippen LogP) is 1.08. The second-order valence-electron chi connectivity index (χ2n) is 6.75. The molecule has 0 aliphatic carbocycles. The van der Waals surface area contributed by atoms with Crippen molar-refractivity contribution in [1.82, 2.24) is 9.03 Å². The summed E-state index contributed by atoms with van der Waals surface area (Å²) in [6.45, 7) is 1.42. The molecule has 2 aromatic carbocycles. The van der Waals surface area contributed by atoms with Gasteiger partial charge in [0.05, 0.1) is 32.3 Å². The highest BCUT2D eigenvalue weighted by Crippen LogP contribution is 2.28. The molecule has 3 rings (SSSR count). The molecule has 1 aliphatic heterocycles. The Bertz CT molecular complexity index is 1110. The highest BCUT2D eigenvalue weighted by molar-refractivity contribution is 7.89. The lowest BCUT2D eigenvalue weighted by Crippen LogP contribution is -2.40. The Morgan fingerprint density at radius 2 is 1.59 bits per heavy atom. The number of ether oxygens (including phenoxy) is 4. The molecule has 0 radical (unpaired) electrons. The van der Waals surface area contributed by atoms with E-state index in [1.165, 1.54) is 54.9 Å². The van der Waals surface area contributed by atoms with Crippen LogP contribution in [0.1, 0.15) is 0 Å². The highest BCUT2D eigenvalue weighted by atomic mass is 32.2. The first kappa shape index (κ1) is 24.3. The molecule has 0 bridgehead atoms. The van der Waals surface area contributed by atoms with Crippen molar-refractivity contribution in [2.45, 2.75) is 9.79 Å². The SMILES string of the molecule is COc1ccc(OC)c(S(=O)(=O)NCCOc2ccc(S(=O)(=O)N3CCOCC3)cc2)c1. The molecule has 176 valence electrons. The average molecular weight is 487 g/mol. The summed E-state index contributed by atoms with van der Waals surface area (Å²) in [4.78, 5) is 0.120. The molecule has 2 aromatic rings. The highest BCUT2D eigenvalue weighted by Gasteiger charge is 2.26. The summed E-state index contributed by atoms with van der Waals surface area (Å²) in [6.07, 6.45) is 0. The van der Waals surface area contributed by atoms with E-state index in [4.69, 9.17) is 18.9 Å². The van der Waals surface area contributed by atoms with Crippen molar-refractivity contribution in [2.75, 3.05) is 53.7 Å². The number of benzene rings is 2. The molecule has 0 atom stereocenters. The summed E-state index contributed by atoms with van der Waals surface area (Å²) < 4.78 is 75.3. The van der Waals surface area contributed by atoms with Gasteiger partial charge in [-0.25, -0.2) is 21.6 Å². The molecular formula is C20H26N2O8S2. The van der Waals surface area contributed by atoms with Crippen LogP contribution >= 0.6 is 0 Å². The summed E-state index contributed by atoms with van der Waals surface area (Å²) in [5, 5.41) is 0. The molecule has 0 amide bonds. The zero-order valence-corrected chi connectivity index (χ0v) is 19.4. The smallest absolute Gasteiger partial charge is 0.244 e. The molecule has 1 saturated heterocycles. The van der Waals surface area contributed by atoms with Gasteiger partial charge in [-0.15, -0.1) is 0 Å². The van der Waals surface area contributed by atoms with E-state index in [-0.39, 0.29) is 28.7 Å². The number of methoxy groups -OCH3 is 2. The summed E-state index contributed by atoms with van der Waals surface area (Å²) in [6, 6.07) is 10.5. The Balaban J connectivity index is 1.57. The van der Waals surface area contributed by atoms with Crippen LogP contribution in [0.15, 0.2) is 52.3 Å². The van der Waals surface area contributed by atoms with Gasteiger partial charge in [0, 0.05) is 25.7 Å². The average Bonchev–Trinajstić information content (AvgIpc) is 2.82. The first-order valence-electron chi connectivity index (χ1n) is 9.80. The molecule has 1 N–H and O–H groups in total. The van der Waals surface area contributed by atoms with Crippen molar-refractivity contribution in [1.29, 1.82) is 0 Å². The lowest BCUT2D eigenvalue weighted by molar-refractivity contribution is 0.0730. The topological polar surface area (TPSA) is 120 Å². The van der Waals surface area contributed by atoms with Crippen LogP contribution in [0.4, 0.5) is 0 Å². The molecule has 0 spiro atoms. The van der Waals surface area contributed by atoms with Crippen LogP contribution in [-0.4, -0.2) is 74.8 Å². The lowest BCUT2D eigenvalue weighted by atomic mass is 10.3. The van der Waals surface area contributed by atoms with E-state index in [1.807, 2.05) is 0 Å². The molecule has 32 heavy (non-hydrogen) atoms. The number of sulfonamides is 2. The van der Waals surface area contributed by atoms with Crippen LogP contribution in [0.5, 0.6) is 17.2 Å². The van der Waals surface area contributed by atoms with E-state index in [2.05, 4.69) is 4.72 Å². The van der Waals surface area contributed by atoms with Crippen LogP contribution in [0.2, 0.25) is 0 Å². The van der Waals surface area contributed by atoms with Crippen molar-refractivity contribution >= 4 is 20.0 Å². The lowest BCUT2D eigenvalue weighted by Gasteiger charge is -2.26. The summed E-state index contributed by atoms with van der Waals surface area (Å²) in [5.41, 5.74) is 0. The fourth-order valence-electron chi connectivity index (χ4n) is 3.06. The van der Waals surface area contributed by atoms with E-state index in [1.54, 1.807) is 6.07 Å². The molecule has 12 heteroatoms. The largest absolute Gasteiger partial charge is 0.497 e. The number of rotatable bonds is 10. The molecule has 0 aromatic heterocycles. The normalized spacial score (nSPS) is 15.3. The second kappa shape index (κ2) is 10.5. The molecule has 1 fully saturated rings. The van der Waals surface area contributed by atoms with Gasteiger partial charge < -0.3 is 18.9 Å².